The van der Waals surface area contributed by atoms with E-state index >= 15 is 0 Å². The molecule has 0 amide bonds. The molecule has 0 saturated carbocycles. The SMILES string of the molecule is CC(C)NCc1cccc2ccn(CC3CCCO3)c12. The third kappa shape index (κ3) is 2.89. The molecule has 1 unspecified atom stereocenters. The molecule has 3 heteroatoms. The summed E-state index contributed by atoms with van der Waals surface area (Å²) in [5.74, 6) is 0. The monoisotopic (exact) mass is 272 g/mol. The third-order valence-electron chi connectivity index (χ3n) is 4.00. The van der Waals surface area contributed by atoms with Crippen molar-refractivity contribution >= 4 is 10.9 Å². The number of ether oxygens (including phenoxy) is 1. The normalized spacial score (nSPS) is 19.2. The van der Waals surface area contributed by atoms with Crippen molar-refractivity contribution < 1.29 is 4.74 Å². The maximum atomic E-state index is 5.78. The van der Waals surface area contributed by atoms with Crippen molar-refractivity contribution in [2.75, 3.05) is 6.61 Å². The quantitative estimate of drug-likeness (QED) is 0.903. The molecule has 0 bridgehead atoms. The molecule has 3 rings (SSSR count). The van der Waals surface area contributed by atoms with Gasteiger partial charge in [-0.05, 0) is 29.9 Å². The van der Waals surface area contributed by atoms with Gasteiger partial charge in [0.25, 0.3) is 0 Å². The molecule has 1 N–H and O–H groups in total. The zero-order valence-corrected chi connectivity index (χ0v) is 12.4. The summed E-state index contributed by atoms with van der Waals surface area (Å²) in [4.78, 5) is 0. The number of rotatable bonds is 5. The minimum absolute atomic E-state index is 0.386. The second kappa shape index (κ2) is 5.98. The zero-order chi connectivity index (χ0) is 13.9. The van der Waals surface area contributed by atoms with Gasteiger partial charge in [0.05, 0.1) is 11.6 Å². The van der Waals surface area contributed by atoms with Crippen molar-refractivity contribution in [1.82, 2.24) is 9.88 Å². The number of aromatic nitrogens is 1. The smallest absolute Gasteiger partial charge is 0.0754 e. The molecule has 2 aromatic rings. The highest BCUT2D eigenvalue weighted by Gasteiger charge is 2.17. The van der Waals surface area contributed by atoms with E-state index in [0.717, 1.165) is 19.7 Å². The van der Waals surface area contributed by atoms with E-state index in [2.05, 4.69) is 54.2 Å². The average Bonchev–Trinajstić information content (AvgIpc) is 3.07. The molecule has 108 valence electrons. The van der Waals surface area contributed by atoms with Crippen molar-refractivity contribution in [1.29, 1.82) is 0 Å². The molecule has 1 aromatic heterocycles. The lowest BCUT2D eigenvalue weighted by Crippen LogP contribution is -2.22. The Morgan fingerprint density at radius 2 is 2.25 bits per heavy atom. The molecule has 1 aliphatic rings. The predicted octanol–water partition coefficient (Wildman–Crippen LogP) is 3.32. The first-order valence-corrected chi connectivity index (χ1v) is 7.66. The van der Waals surface area contributed by atoms with Crippen molar-refractivity contribution in [3.63, 3.8) is 0 Å². The van der Waals surface area contributed by atoms with E-state index in [1.807, 2.05) is 0 Å². The Balaban J connectivity index is 1.87. The summed E-state index contributed by atoms with van der Waals surface area (Å²) < 4.78 is 8.14. The van der Waals surface area contributed by atoms with Crippen LogP contribution in [-0.4, -0.2) is 23.3 Å². The molecule has 0 spiro atoms. The van der Waals surface area contributed by atoms with Gasteiger partial charge in [0.15, 0.2) is 0 Å². The van der Waals surface area contributed by atoms with Crippen molar-refractivity contribution in [3.05, 3.63) is 36.0 Å². The van der Waals surface area contributed by atoms with E-state index in [1.165, 1.54) is 29.3 Å². The highest BCUT2D eigenvalue weighted by molar-refractivity contribution is 5.83. The van der Waals surface area contributed by atoms with Crippen LogP contribution in [0.1, 0.15) is 32.3 Å². The fourth-order valence-corrected chi connectivity index (χ4v) is 2.96. The van der Waals surface area contributed by atoms with Gasteiger partial charge in [-0.3, -0.25) is 0 Å². The van der Waals surface area contributed by atoms with E-state index in [-0.39, 0.29) is 0 Å². The molecule has 0 aliphatic carbocycles. The first-order valence-electron chi connectivity index (χ1n) is 7.66. The van der Waals surface area contributed by atoms with Crippen LogP contribution in [0.3, 0.4) is 0 Å². The summed E-state index contributed by atoms with van der Waals surface area (Å²) in [5.41, 5.74) is 2.73. The molecule has 1 atom stereocenters. The first-order chi connectivity index (χ1) is 9.74. The fourth-order valence-electron chi connectivity index (χ4n) is 2.96. The van der Waals surface area contributed by atoms with Gasteiger partial charge >= 0.3 is 0 Å². The summed E-state index contributed by atoms with van der Waals surface area (Å²) in [5, 5.41) is 4.85. The van der Waals surface area contributed by atoms with Gasteiger partial charge in [-0.2, -0.15) is 0 Å². The lowest BCUT2D eigenvalue weighted by molar-refractivity contribution is 0.0980. The number of hydrogen-bond acceptors (Lipinski definition) is 2. The maximum absolute atomic E-state index is 5.78. The maximum Gasteiger partial charge on any atom is 0.0754 e. The predicted molar refractivity (Wildman–Crippen MR) is 82.9 cm³/mol. The number of nitrogens with one attached hydrogen (secondary N) is 1. The Hall–Kier alpha value is -1.32. The minimum Gasteiger partial charge on any atom is -0.376 e. The Bertz CT molecular complexity index is 567. The van der Waals surface area contributed by atoms with Crippen LogP contribution in [0.5, 0.6) is 0 Å². The number of benzene rings is 1. The van der Waals surface area contributed by atoms with E-state index in [1.54, 1.807) is 0 Å². The van der Waals surface area contributed by atoms with Gasteiger partial charge < -0.3 is 14.6 Å². The molecule has 3 nitrogen and oxygen atoms in total. The van der Waals surface area contributed by atoms with Crippen molar-refractivity contribution in [2.45, 2.75) is 51.9 Å². The molecular weight excluding hydrogens is 248 g/mol. The van der Waals surface area contributed by atoms with E-state index < -0.39 is 0 Å². The molecule has 1 fully saturated rings. The Kier molecular flexibility index (Phi) is 4.08. The number of para-hydroxylation sites is 1. The first kappa shape index (κ1) is 13.7. The second-order valence-corrected chi connectivity index (χ2v) is 5.99. The van der Waals surface area contributed by atoms with Gasteiger partial charge in [-0.25, -0.2) is 0 Å². The molecule has 0 radical (unpaired) electrons. The van der Waals surface area contributed by atoms with E-state index in [0.29, 0.717) is 12.1 Å². The van der Waals surface area contributed by atoms with Crippen LogP contribution < -0.4 is 5.32 Å². The molecule has 1 saturated heterocycles. The Morgan fingerprint density at radius 1 is 1.35 bits per heavy atom. The number of hydrogen-bond donors (Lipinski definition) is 1. The molecule has 2 heterocycles. The Morgan fingerprint density at radius 3 is 3.00 bits per heavy atom. The Labute approximate surface area is 120 Å². The second-order valence-electron chi connectivity index (χ2n) is 5.99. The average molecular weight is 272 g/mol. The number of nitrogens with zero attached hydrogens (tertiary/aromatic N) is 1. The largest absolute Gasteiger partial charge is 0.376 e. The van der Waals surface area contributed by atoms with Crippen LogP contribution in [0, 0.1) is 0 Å². The topological polar surface area (TPSA) is 26.2 Å². The summed E-state index contributed by atoms with van der Waals surface area (Å²) >= 11 is 0. The minimum atomic E-state index is 0.386. The van der Waals surface area contributed by atoms with Crippen LogP contribution in [0.2, 0.25) is 0 Å². The molecule has 1 aliphatic heterocycles. The van der Waals surface area contributed by atoms with Crippen molar-refractivity contribution in [3.8, 4) is 0 Å². The van der Waals surface area contributed by atoms with Gasteiger partial charge in [-0.1, -0.05) is 32.0 Å². The standard InChI is InChI=1S/C17H24N2O/c1-13(2)18-11-15-6-3-5-14-8-9-19(17(14)15)12-16-7-4-10-20-16/h3,5-6,8-9,13,16,18H,4,7,10-12H2,1-2H3. The lowest BCUT2D eigenvalue weighted by atomic mass is 10.1. The summed E-state index contributed by atoms with van der Waals surface area (Å²) in [6.45, 7) is 7.19. The van der Waals surface area contributed by atoms with Gasteiger partial charge in [0, 0.05) is 31.9 Å². The highest BCUT2D eigenvalue weighted by atomic mass is 16.5. The van der Waals surface area contributed by atoms with Crippen LogP contribution in [0.4, 0.5) is 0 Å². The van der Waals surface area contributed by atoms with Crippen molar-refractivity contribution in [2.24, 2.45) is 0 Å². The summed E-state index contributed by atoms with van der Waals surface area (Å²) in [7, 11) is 0. The van der Waals surface area contributed by atoms with Crippen LogP contribution >= 0.6 is 0 Å². The fraction of sp³-hybridized carbons (Fsp3) is 0.529. The molecular formula is C17H24N2O. The van der Waals surface area contributed by atoms with Gasteiger partial charge in [-0.15, -0.1) is 0 Å². The highest BCUT2D eigenvalue weighted by Crippen LogP contribution is 2.23. The zero-order valence-electron chi connectivity index (χ0n) is 12.4. The van der Waals surface area contributed by atoms with Crippen LogP contribution in [0.15, 0.2) is 30.5 Å². The van der Waals surface area contributed by atoms with Gasteiger partial charge in [0.1, 0.15) is 0 Å². The van der Waals surface area contributed by atoms with E-state index in [4.69, 9.17) is 4.74 Å². The van der Waals surface area contributed by atoms with E-state index in [9.17, 15) is 0 Å². The lowest BCUT2D eigenvalue weighted by Gasteiger charge is -2.15. The third-order valence-corrected chi connectivity index (χ3v) is 4.00. The molecule has 20 heavy (non-hydrogen) atoms. The number of fused-ring (bicyclic) bond motifs is 1. The summed E-state index contributed by atoms with van der Waals surface area (Å²) in [6, 6.07) is 9.29. The summed E-state index contributed by atoms with van der Waals surface area (Å²) in [6.07, 6.45) is 4.97. The van der Waals surface area contributed by atoms with Gasteiger partial charge in [0.2, 0.25) is 0 Å². The van der Waals surface area contributed by atoms with Crippen LogP contribution in [0.25, 0.3) is 10.9 Å². The van der Waals surface area contributed by atoms with Crippen LogP contribution in [-0.2, 0) is 17.8 Å². The molecule has 1 aromatic carbocycles.